The minimum Gasteiger partial charge on any atom is -0.507 e. The van der Waals surface area contributed by atoms with Gasteiger partial charge in [-0.15, -0.1) is 0 Å². The summed E-state index contributed by atoms with van der Waals surface area (Å²) in [5, 5.41) is 10.7. The smallest absolute Gasteiger partial charge is 0.410 e. The number of piperazine rings is 1. The van der Waals surface area contributed by atoms with Crippen molar-refractivity contribution in [1.82, 2.24) is 24.4 Å². The molecule has 1 saturated heterocycles. The number of aryl methyl sites for hydroxylation is 1. The van der Waals surface area contributed by atoms with Crippen LogP contribution < -0.4 is 10.6 Å². The van der Waals surface area contributed by atoms with Gasteiger partial charge in [0.05, 0.1) is 22.3 Å². The molecule has 1 aliphatic rings. The SMILES string of the molecule is Cc1ccnc(-c2ccccc2)c1-n1c(=O)nc(N2CCN(C(=O)OC(C)(C)C)C[C@@H]2C)c2cc(F)c(-c3c(O)cccc3F)nc21. The van der Waals surface area contributed by atoms with Gasteiger partial charge in [-0.2, -0.15) is 4.98 Å². The molecule has 0 unspecified atom stereocenters. The van der Waals surface area contributed by atoms with Gasteiger partial charge in [-0.25, -0.2) is 27.9 Å². The summed E-state index contributed by atoms with van der Waals surface area (Å²) in [5.41, 5.74) is -0.0779. The summed E-state index contributed by atoms with van der Waals surface area (Å²) in [6.07, 6.45) is 1.16. The topological polar surface area (TPSA) is 114 Å². The van der Waals surface area contributed by atoms with Crippen LogP contribution in [0.25, 0.3) is 39.2 Å². The minimum atomic E-state index is -0.919. The normalized spacial score (nSPS) is 15.3. The number of carbonyl (C=O) groups excluding carboxylic acids is 1. The number of rotatable bonds is 4. The Bertz CT molecular complexity index is 2040. The van der Waals surface area contributed by atoms with Crippen molar-refractivity contribution >= 4 is 22.9 Å². The lowest BCUT2D eigenvalue weighted by atomic mass is 10.1. The van der Waals surface area contributed by atoms with Gasteiger partial charge in [0.2, 0.25) is 0 Å². The third kappa shape index (κ3) is 5.98. The third-order valence-corrected chi connectivity index (χ3v) is 7.98. The second kappa shape index (κ2) is 12.1. The predicted molar refractivity (Wildman–Crippen MR) is 175 cm³/mol. The number of aromatic nitrogens is 4. The lowest BCUT2D eigenvalue weighted by Crippen LogP contribution is -2.55. The number of nitrogens with zero attached hydrogens (tertiary/aromatic N) is 6. The molecule has 0 spiro atoms. The van der Waals surface area contributed by atoms with E-state index in [0.717, 1.165) is 17.7 Å². The molecule has 1 aliphatic heterocycles. The molecule has 12 heteroatoms. The summed E-state index contributed by atoms with van der Waals surface area (Å²) in [6.45, 7) is 9.84. The fourth-order valence-corrected chi connectivity index (χ4v) is 5.85. The van der Waals surface area contributed by atoms with E-state index in [-0.39, 0.29) is 42.5 Å². The van der Waals surface area contributed by atoms with E-state index in [9.17, 15) is 14.7 Å². The highest BCUT2D eigenvalue weighted by atomic mass is 19.1. The van der Waals surface area contributed by atoms with Gasteiger partial charge in [-0.05, 0) is 64.4 Å². The number of hydrogen-bond acceptors (Lipinski definition) is 8. The van der Waals surface area contributed by atoms with E-state index in [1.165, 1.54) is 16.7 Å². The average molecular weight is 641 g/mol. The Morgan fingerprint density at radius 3 is 2.40 bits per heavy atom. The number of amides is 1. The molecule has 1 amide bonds. The first-order valence-electron chi connectivity index (χ1n) is 15.2. The van der Waals surface area contributed by atoms with Crippen LogP contribution >= 0.6 is 0 Å². The lowest BCUT2D eigenvalue weighted by molar-refractivity contribution is 0.0218. The van der Waals surface area contributed by atoms with E-state index in [2.05, 4.69) is 15.0 Å². The van der Waals surface area contributed by atoms with Crippen LogP contribution in [0, 0.1) is 18.6 Å². The van der Waals surface area contributed by atoms with E-state index in [4.69, 9.17) is 4.74 Å². The van der Waals surface area contributed by atoms with Crippen molar-refractivity contribution in [3.05, 3.63) is 94.5 Å². The average Bonchev–Trinajstić information content (AvgIpc) is 3.01. The summed E-state index contributed by atoms with van der Waals surface area (Å²) in [6, 6.07) is 15.4. The highest BCUT2D eigenvalue weighted by molar-refractivity contribution is 5.92. The molecule has 2 aromatic carbocycles. The Morgan fingerprint density at radius 1 is 0.979 bits per heavy atom. The number of benzene rings is 2. The van der Waals surface area contributed by atoms with Crippen LogP contribution in [-0.2, 0) is 4.74 Å². The fraction of sp³-hybridized carbons (Fsp3) is 0.286. The molecule has 1 atom stereocenters. The zero-order valence-corrected chi connectivity index (χ0v) is 26.7. The number of halogens is 2. The third-order valence-electron chi connectivity index (χ3n) is 7.98. The number of aromatic hydroxyl groups is 1. The quantitative estimate of drug-likeness (QED) is 0.245. The minimum absolute atomic E-state index is 0.00546. The molecule has 0 aliphatic carbocycles. The molecule has 1 fully saturated rings. The second-order valence-electron chi connectivity index (χ2n) is 12.5. The molecular formula is C35H34F2N6O4. The molecule has 10 nitrogen and oxygen atoms in total. The Kier molecular flexibility index (Phi) is 8.12. The van der Waals surface area contributed by atoms with Gasteiger partial charge in [-0.1, -0.05) is 36.4 Å². The largest absolute Gasteiger partial charge is 0.507 e. The maximum absolute atomic E-state index is 16.0. The Morgan fingerprint density at radius 2 is 1.72 bits per heavy atom. The summed E-state index contributed by atoms with van der Waals surface area (Å²) in [4.78, 5) is 44.0. The number of carbonyl (C=O) groups is 1. The molecule has 0 bridgehead atoms. The van der Waals surface area contributed by atoms with Gasteiger partial charge in [-0.3, -0.25) is 4.98 Å². The summed E-state index contributed by atoms with van der Waals surface area (Å²) >= 11 is 0. The summed E-state index contributed by atoms with van der Waals surface area (Å²) in [5.74, 6) is -2.14. The summed E-state index contributed by atoms with van der Waals surface area (Å²) < 4.78 is 37.9. The number of fused-ring (bicyclic) bond motifs is 1. The van der Waals surface area contributed by atoms with Crippen LogP contribution in [0.5, 0.6) is 5.75 Å². The van der Waals surface area contributed by atoms with Gasteiger partial charge in [0.1, 0.15) is 28.7 Å². The van der Waals surface area contributed by atoms with Gasteiger partial charge < -0.3 is 19.6 Å². The molecule has 3 aromatic heterocycles. The van der Waals surface area contributed by atoms with Crippen molar-refractivity contribution in [1.29, 1.82) is 0 Å². The van der Waals surface area contributed by atoms with E-state index in [0.29, 0.717) is 16.9 Å². The molecule has 0 saturated carbocycles. The Labute approximate surface area is 269 Å². The first-order chi connectivity index (χ1) is 22.3. The monoisotopic (exact) mass is 640 g/mol. The molecule has 4 heterocycles. The van der Waals surface area contributed by atoms with Crippen LogP contribution in [0.4, 0.5) is 19.4 Å². The van der Waals surface area contributed by atoms with Crippen LogP contribution in [0.15, 0.2) is 71.7 Å². The van der Waals surface area contributed by atoms with Gasteiger partial charge in [0.25, 0.3) is 0 Å². The molecule has 47 heavy (non-hydrogen) atoms. The maximum Gasteiger partial charge on any atom is 0.410 e. The van der Waals surface area contributed by atoms with Crippen molar-refractivity contribution in [3.8, 4) is 34.0 Å². The fourth-order valence-electron chi connectivity index (χ4n) is 5.85. The maximum atomic E-state index is 16.0. The van der Waals surface area contributed by atoms with Crippen LogP contribution in [0.3, 0.4) is 0 Å². The zero-order chi connectivity index (χ0) is 33.6. The van der Waals surface area contributed by atoms with Crippen molar-refractivity contribution in [2.24, 2.45) is 0 Å². The van der Waals surface area contributed by atoms with E-state index in [1.807, 2.05) is 42.2 Å². The molecular weight excluding hydrogens is 606 g/mol. The number of pyridine rings is 2. The lowest BCUT2D eigenvalue weighted by Gasteiger charge is -2.41. The van der Waals surface area contributed by atoms with Gasteiger partial charge >= 0.3 is 11.8 Å². The van der Waals surface area contributed by atoms with Crippen molar-refractivity contribution in [3.63, 3.8) is 0 Å². The Balaban J connectivity index is 1.59. The van der Waals surface area contributed by atoms with Crippen LogP contribution in [-0.4, -0.2) is 66.9 Å². The second-order valence-corrected chi connectivity index (χ2v) is 12.5. The molecule has 242 valence electrons. The molecule has 1 N–H and O–H groups in total. The van der Waals surface area contributed by atoms with E-state index >= 15 is 8.78 Å². The van der Waals surface area contributed by atoms with Crippen molar-refractivity contribution in [2.45, 2.75) is 46.3 Å². The first-order valence-corrected chi connectivity index (χ1v) is 15.2. The van der Waals surface area contributed by atoms with Crippen molar-refractivity contribution < 1.29 is 23.4 Å². The van der Waals surface area contributed by atoms with Crippen molar-refractivity contribution in [2.75, 3.05) is 24.5 Å². The number of phenols is 1. The van der Waals surface area contributed by atoms with Gasteiger partial charge in [0.15, 0.2) is 11.5 Å². The summed E-state index contributed by atoms with van der Waals surface area (Å²) in [7, 11) is 0. The molecule has 5 aromatic rings. The van der Waals surface area contributed by atoms with Gasteiger partial charge in [0, 0.05) is 37.4 Å². The predicted octanol–water partition coefficient (Wildman–Crippen LogP) is 6.25. The standard InChI is InChI=1S/C35H34F2N6O4/c1-20-14-15-38-28(22-10-7-6-8-11-22)30(20)43-32-23(18-25(37)29(39-32)27-24(36)12-9-13-26(27)44)31(40-33(43)45)42-17-16-41(19-21(42)2)34(46)47-35(3,4)5/h6-15,18,21,44H,16-17,19H2,1-5H3/t21-/m0/s1. The highest BCUT2D eigenvalue weighted by Gasteiger charge is 2.33. The van der Waals surface area contributed by atoms with E-state index in [1.54, 1.807) is 44.9 Å². The number of anilines is 1. The molecule has 0 radical (unpaired) electrons. The van der Waals surface area contributed by atoms with Crippen LogP contribution in [0.1, 0.15) is 33.3 Å². The zero-order valence-electron chi connectivity index (χ0n) is 26.7. The number of ether oxygens (including phenoxy) is 1. The number of hydrogen-bond donors (Lipinski definition) is 1. The number of phenolic OH excluding ortho intramolecular Hbond substituents is 1. The van der Waals surface area contributed by atoms with E-state index < -0.39 is 46.0 Å². The highest BCUT2D eigenvalue weighted by Crippen LogP contribution is 2.37. The Hall–Kier alpha value is -5.39. The van der Waals surface area contributed by atoms with Crippen LogP contribution in [0.2, 0.25) is 0 Å². The first kappa shape index (κ1) is 31.6. The molecule has 6 rings (SSSR count).